The number of aliphatic hydroxyl groups excluding tert-OH is 8. The van der Waals surface area contributed by atoms with Gasteiger partial charge in [-0.25, -0.2) is 0 Å². The van der Waals surface area contributed by atoms with E-state index in [1.54, 1.807) is 6.08 Å². The van der Waals surface area contributed by atoms with Gasteiger partial charge in [0.25, 0.3) is 0 Å². The lowest BCUT2D eigenvalue weighted by Crippen LogP contribution is -2.65. The lowest BCUT2D eigenvalue weighted by atomic mass is 9.97. The number of rotatable bonds is 56. The summed E-state index contributed by atoms with van der Waals surface area (Å²) >= 11 is 0. The van der Waals surface area contributed by atoms with Crippen LogP contribution >= 0.6 is 0 Å². The highest BCUT2D eigenvalue weighted by atomic mass is 16.7. The highest BCUT2D eigenvalue weighted by molar-refractivity contribution is 5.76. The Hall–Kier alpha value is -2.57. The summed E-state index contributed by atoms with van der Waals surface area (Å²) in [5, 5.41) is 87.4. The molecule has 0 radical (unpaired) electrons. The van der Waals surface area contributed by atoms with Crippen LogP contribution in [0.25, 0.3) is 0 Å². The van der Waals surface area contributed by atoms with E-state index >= 15 is 0 Å². The highest BCUT2D eigenvalue weighted by Crippen LogP contribution is 2.30. The van der Waals surface area contributed by atoms with Crippen molar-refractivity contribution in [3.05, 3.63) is 72.9 Å². The molecule has 12 unspecified atom stereocenters. The summed E-state index contributed by atoms with van der Waals surface area (Å²) in [6.45, 7) is 2.70. The maximum Gasteiger partial charge on any atom is 0.220 e. The van der Waals surface area contributed by atoms with Gasteiger partial charge in [0.05, 0.1) is 32.0 Å². The van der Waals surface area contributed by atoms with Crippen molar-refractivity contribution in [3.8, 4) is 0 Å². The largest absolute Gasteiger partial charge is 0.394 e. The summed E-state index contributed by atoms with van der Waals surface area (Å²) in [6, 6.07) is -0.937. The van der Waals surface area contributed by atoms with Gasteiger partial charge in [-0.15, -0.1) is 0 Å². The number of allylic oxidation sites excluding steroid dienone is 11. The van der Waals surface area contributed by atoms with Gasteiger partial charge >= 0.3 is 0 Å². The second kappa shape index (κ2) is 55.5. The van der Waals surface area contributed by atoms with Gasteiger partial charge in [0.15, 0.2) is 12.6 Å². The van der Waals surface area contributed by atoms with Crippen molar-refractivity contribution in [2.45, 2.75) is 351 Å². The molecule has 0 aromatic heterocycles. The van der Waals surface area contributed by atoms with Crippen LogP contribution in [-0.2, 0) is 23.7 Å². The molecule has 494 valence electrons. The summed E-state index contributed by atoms with van der Waals surface area (Å²) in [6.07, 6.45) is 58.1. The van der Waals surface area contributed by atoms with Gasteiger partial charge in [-0.3, -0.25) is 4.79 Å². The fourth-order valence-corrected chi connectivity index (χ4v) is 11.1. The molecule has 0 aromatic rings. The zero-order valence-corrected chi connectivity index (χ0v) is 53.6. The Morgan fingerprint density at radius 2 is 0.824 bits per heavy atom. The first-order chi connectivity index (χ1) is 41.6. The Kier molecular flexibility index (Phi) is 51.3. The number of aliphatic hydroxyl groups is 8. The van der Waals surface area contributed by atoms with E-state index < -0.39 is 86.8 Å². The van der Waals surface area contributed by atoms with Crippen LogP contribution in [0.1, 0.15) is 277 Å². The normalized spacial score (nSPS) is 24.0. The Morgan fingerprint density at radius 3 is 1.29 bits per heavy atom. The predicted octanol–water partition coefficient (Wildman–Crippen LogP) is 13.8. The maximum atomic E-state index is 13.3. The molecule has 1 amide bonds. The van der Waals surface area contributed by atoms with Crippen LogP contribution in [0.4, 0.5) is 0 Å². The molecule has 2 saturated heterocycles. The summed E-state index contributed by atoms with van der Waals surface area (Å²) < 4.78 is 22.8. The number of nitrogens with one attached hydrogen (secondary N) is 1. The number of carbonyl (C=O) groups is 1. The second-order valence-electron chi connectivity index (χ2n) is 24.3. The van der Waals surface area contributed by atoms with Crippen molar-refractivity contribution >= 4 is 5.91 Å². The molecule has 0 saturated carbocycles. The molecule has 0 bridgehead atoms. The van der Waals surface area contributed by atoms with E-state index in [0.717, 1.165) is 64.2 Å². The Balaban J connectivity index is 1.71. The smallest absolute Gasteiger partial charge is 0.220 e. The standard InChI is InChI=1S/C71H127NO13/c1-3-5-7-9-11-13-15-17-19-21-23-25-27-29-31-32-34-36-38-40-42-44-46-48-50-52-54-60(75)59(58-82-70-68(81)66(79)69(62(57-74)84-70)85-71-67(80)65(78)64(77)61(56-73)83-71)72-63(76)55-53-51-49-47-45-43-41-39-37-35-33-30-28-26-24-22-20-18-16-14-12-10-8-6-4-2/h6,8,12,14,18,20,24,26,44,46,52,54,59-62,64-71,73-75,77-81H,3-5,7,9-11,13,15-17,19,21-23,25,27-43,45,47-51,53,55-58H2,1-2H3,(H,72,76)/b8-6-,14-12-,20-18-,26-24-,46-44+,54-52+. The molecule has 14 heteroatoms. The molecule has 2 heterocycles. The fourth-order valence-electron chi connectivity index (χ4n) is 11.1. The van der Waals surface area contributed by atoms with Gasteiger partial charge in [0.1, 0.15) is 48.8 Å². The number of ether oxygens (including phenoxy) is 4. The lowest BCUT2D eigenvalue weighted by molar-refractivity contribution is -0.359. The average molecular weight is 1200 g/mol. The maximum absolute atomic E-state index is 13.3. The van der Waals surface area contributed by atoms with Crippen LogP contribution in [0.2, 0.25) is 0 Å². The summed E-state index contributed by atoms with van der Waals surface area (Å²) in [4.78, 5) is 13.3. The van der Waals surface area contributed by atoms with E-state index in [-0.39, 0.29) is 18.9 Å². The van der Waals surface area contributed by atoms with Crippen molar-refractivity contribution in [2.75, 3.05) is 19.8 Å². The summed E-state index contributed by atoms with van der Waals surface area (Å²) in [7, 11) is 0. The third-order valence-corrected chi connectivity index (χ3v) is 16.6. The lowest BCUT2D eigenvalue weighted by Gasteiger charge is -2.46. The van der Waals surface area contributed by atoms with Crippen molar-refractivity contribution < 1.29 is 64.6 Å². The highest BCUT2D eigenvalue weighted by Gasteiger charge is 2.51. The molecular weight excluding hydrogens is 1070 g/mol. The molecule has 12 atom stereocenters. The first-order valence-corrected chi connectivity index (χ1v) is 34.7. The van der Waals surface area contributed by atoms with E-state index in [0.29, 0.717) is 12.8 Å². The van der Waals surface area contributed by atoms with E-state index in [1.165, 1.54) is 180 Å². The van der Waals surface area contributed by atoms with E-state index in [2.05, 4.69) is 79.9 Å². The molecule has 85 heavy (non-hydrogen) atoms. The predicted molar refractivity (Wildman–Crippen MR) is 346 cm³/mol. The molecule has 0 aliphatic carbocycles. The third-order valence-electron chi connectivity index (χ3n) is 16.6. The molecular formula is C71H127NO13. The monoisotopic (exact) mass is 1200 g/mol. The molecule has 14 nitrogen and oxygen atoms in total. The van der Waals surface area contributed by atoms with E-state index in [1.807, 2.05) is 6.08 Å². The van der Waals surface area contributed by atoms with Crippen LogP contribution in [-0.4, -0.2) is 140 Å². The van der Waals surface area contributed by atoms with Gasteiger partial charge in [-0.1, -0.05) is 273 Å². The van der Waals surface area contributed by atoms with Crippen molar-refractivity contribution in [1.29, 1.82) is 0 Å². The Labute approximate surface area is 517 Å². The number of carbonyl (C=O) groups excluding carboxylic acids is 1. The van der Waals surface area contributed by atoms with Crippen LogP contribution in [0, 0.1) is 0 Å². The minimum Gasteiger partial charge on any atom is -0.394 e. The molecule has 2 aliphatic rings. The summed E-state index contributed by atoms with van der Waals surface area (Å²) in [5.41, 5.74) is 0. The molecule has 2 rings (SSSR count). The first kappa shape index (κ1) is 78.5. The second-order valence-corrected chi connectivity index (χ2v) is 24.3. The van der Waals surface area contributed by atoms with Gasteiger partial charge < -0.3 is 65.1 Å². The van der Waals surface area contributed by atoms with Crippen molar-refractivity contribution in [2.24, 2.45) is 0 Å². The number of amides is 1. The first-order valence-electron chi connectivity index (χ1n) is 34.7. The molecule has 9 N–H and O–H groups in total. The number of unbranched alkanes of at least 4 members (excludes halogenated alkanes) is 33. The number of hydrogen-bond acceptors (Lipinski definition) is 13. The van der Waals surface area contributed by atoms with Gasteiger partial charge in [0, 0.05) is 6.42 Å². The molecule has 0 spiro atoms. The zero-order chi connectivity index (χ0) is 61.6. The molecule has 2 fully saturated rings. The quantitative estimate of drug-likeness (QED) is 0.0204. The molecule has 2 aliphatic heterocycles. The summed E-state index contributed by atoms with van der Waals surface area (Å²) in [5.74, 6) is -0.251. The number of hydrogen-bond donors (Lipinski definition) is 9. The zero-order valence-electron chi connectivity index (χ0n) is 53.6. The average Bonchev–Trinajstić information content (AvgIpc) is 3.29. The van der Waals surface area contributed by atoms with Crippen molar-refractivity contribution in [3.63, 3.8) is 0 Å². The van der Waals surface area contributed by atoms with Crippen LogP contribution < -0.4 is 5.32 Å². The van der Waals surface area contributed by atoms with E-state index in [9.17, 15) is 45.6 Å². The SMILES string of the molecule is CC/C=C\C/C=C\C/C=C\C/C=C\CCCCCCCCCCCCCCC(=O)NC(COC1OC(CO)C(OC2OC(CO)C(O)C(O)C2O)C(O)C1O)C(O)/C=C/CC/C=C/CCCCCCCCCCCCCCCCCCCCCC. The Morgan fingerprint density at radius 1 is 0.435 bits per heavy atom. The van der Waals surface area contributed by atoms with Crippen LogP contribution in [0.3, 0.4) is 0 Å². The third kappa shape index (κ3) is 39.9. The molecule has 0 aromatic carbocycles. The van der Waals surface area contributed by atoms with Gasteiger partial charge in [0.2, 0.25) is 5.91 Å². The van der Waals surface area contributed by atoms with E-state index in [4.69, 9.17) is 18.9 Å². The minimum absolute atomic E-state index is 0.251. The van der Waals surface area contributed by atoms with Gasteiger partial charge in [-0.05, 0) is 70.6 Å². The Bertz CT molecular complexity index is 1700. The van der Waals surface area contributed by atoms with Crippen LogP contribution in [0.15, 0.2) is 72.9 Å². The topological polar surface area (TPSA) is 228 Å². The van der Waals surface area contributed by atoms with Gasteiger partial charge in [-0.2, -0.15) is 0 Å². The minimum atomic E-state index is -1.79. The fraction of sp³-hybridized carbons (Fsp3) is 0.817. The van der Waals surface area contributed by atoms with Crippen molar-refractivity contribution in [1.82, 2.24) is 5.32 Å². The van der Waals surface area contributed by atoms with Crippen LogP contribution in [0.5, 0.6) is 0 Å².